The Morgan fingerprint density at radius 1 is 1.17 bits per heavy atom. The molecule has 0 spiro atoms. The lowest BCUT2D eigenvalue weighted by Gasteiger charge is -2.37. The molecule has 1 fully saturated rings. The molecule has 1 aromatic carbocycles. The van der Waals surface area contributed by atoms with Crippen LogP contribution in [0.3, 0.4) is 0 Å². The van der Waals surface area contributed by atoms with Gasteiger partial charge in [0.2, 0.25) is 5.91 Å². The van der Waals surface area contributed by atoms with Gasteiger partial charge in [-0.05, 0) is 17.9 Å². The number of aliphatic imine (C=N–C) groups is 1. The number of nitrogens with zero attached hydrogens (tertiary/aromatic N) is 3. The fourth-order valence-electron chi connectivity index (χ4n) is 3.33. The Morgan fingerprint density at radius 3 is 2.43 bits per heavy atom. The van der Waals surface area contributed by atoms with Crippen LogP contribution < -0.4 is 10.6 Å². The lowest BCUT2D eigenvalue weighted by molar-refractivity contribution is -0.127. The van der Waals surface area contributed by atoms with Gasteiger partial charge in [0.25, 0.3) is 0 Å². The summed E-state index contributed by atoms with van der Waals surface area (Å²) >= 11 is 0. The van der Waals surface area contributed by atoms with E-state index in [0.29, 0.717) is 17.9 Å². The molecule has 1 saturated heterocycles. The monoisotopic (exact) mass is 531 g/mol. The Bertz CT molecular complexity index is 634. The van der Waals surface area contributed by atoms with Gasteiger partial charge >= 0.3 is 0 Å². The Labute approximate surface area is 198 Å². The van der Waals surface area contributed by atoms with Gasteiger partial charge < -0.3 is 20.3 Å². The van der Waals surface area contributed by atoms with Crippen LogP contribution in [0.15, 0.2) is 35.3 Å². The average molecular weight is 531 g/mol. The van der Waals surface area contributed by atoms with Gasteiger partial charge in [-0.1, -0.05) is 44.2 Å². The number of ether oxygens (including phenoxy) is 1. The van der Waals surface area contributed by atoms with Crippen LogP contribution in [0.5, 0.6) is 0 Å². The van der Waals surface area contributed by atoms with E-state index in [1.807, 2.05) is 18.2 Å². The van der Waals surface area contributed by atoms with Gasteiger partial charge in [0.05, 0.1) is 13.2 Å². The van der Waals surface area contributed by atoms with E-state index in [4.69, 9.17) is 4.74 Å². The molecule has 1 aromatic rings. The van der Waals surface area contributed by atoms with Crippen molar-refractivity contribution in [3.8, 4) is 0 Å². The van der Waals surface area contributed by atoms with Crippen LogP contribution >= 0.6 is 24.0 Å². The second-order valence-corrected chi connectivity index (χ2v) is 7.96. The molecule has 2 rings (SSSR count). The van der Waals surface area contributed by atoms with Gasteiger partial charge in [0.15, 0.2) is 5.96 Å². The third kappa shape index (κ3) is 9.61. The maximum atomic E-state index is 12.0. The molecule has 2 N–H and O–H groups in total. The Balaban J connectivity index is 0.00000450. The van der Waals surface area contributed by atoms with Crippen LogP contribution in [0.1, 0.15) is 19.4 Å². The van der Waals surface area contributed by atoms with Gasteiger partial charge in [-0.25, -0.2) is 4.99 Å². The summed E-state index contributed by atoms with van der Waals surface area (Å²) in [5, 5.41) is 6.85. The minimum Gasteiger partial charge on any atom is -0.379 e. The van der Waals surface area contributed by atoms with Crippen LogP contribution in [-0.4, -0.2) is 87.7 Å². The molecule has 7 nitrogen and oxygen atoms in total. The van der Waals surface area contributed by atoms with Gasteiger partial charge in [0.1, 0.15) is 6.54 Å². The molecule has 8 heteroatoms. The first kappa shape index (κ1) is 26.6. The van der Waals surface area contributed by atoms with Crippen molar-refractivity contribution in [3.05, 3.63) is 35.9 Å². The third-order valence-corrected chi connectivity index (χ3v) is 5.18. The summed E-state index contributed by atoms with van der Waals surface area (Å²) in [6.45, 7) is 9.66. The van der Waals surface area contributed by atoms with E-state index in [1.54, 1.807) is 19.0 Å². The van der Waals surface area contributed by atoms with Crippen molar-refractivity contribution in [2.75, 3.05) is 60.0 Å². The second-order valence-electron chi connectivity index (χ2n) is 7.96. The van der Waals surface area contributed by atoms with E-state index in [2.05, 4.69) is 46.5 Å². The van der Waals surface area contributed by atoms with E-state index < -0.39 is 0 Å². The van der Waals surface area contributed by atoms with Crippen LogP contribution in [0.25, 0.3) is 0 Å². The predicted molar refractivity (Wildman–Crippen MR) is 134 cm³/mol. The van der Waals surface area contributed by atoms with E-state index >= 15 is 0 Å². The molecule has 1 aliphatic rings. The number of halogens is 1. The second kappa shape index (κ2) is 14.6. The quantitative estimate of drug-likeness (QED) is 0.289. The Kier molecular flexibility index (Phi) is 13.0. The fraction of sp³-hybridized carbons (Fsp3) is 0.636. The normalized spacial score (nSPS) is 16.0. The van der Waals surface area contributed by atoms with Crippen LogP contribution in [-0.2, 0) is 16.0 Å². The maximum absolute atomic E-state index is 12.0. The van der Waals surface area contributed by atoms with Gasteiger partial charge in [-0.2, -0.15) is 0 Å². The average Bonchev–Trinajstić information content (AvgIpc) is 2.72. The van der Waals surface area contributed by atoms with E-state index in [0.717, 1.165) is 45.8 Å². The van der Waals surface area contributed by atoms with Crippen molar-refractivity contribution in [2.45, 2.75) is 26.3 Å². The molecule has 1 unspecified atom stereocenters. The van der Waals surface area contributed by atoms with Crippen molar-refractivity contribution in [2.24, 2.45) is 10.9 Å². The molecule has 1 heterocycles. The maximum Gasteiger partial charge on any atom is 0.243 e. The van der Waals surface area contributed by atoms with Gasteiger partial charge in [-0.15, -0.1) is 24.0 Å². The summed E-state index contributed by atoms with van der Waals surface area (Å²) in [7, 11) is 3.50. The van der Waals surface area contributed by atoms with Gasteiger partial charge in [0, 0.05) is 46.3 Å². The number of benzene rings is 1. The minimum absolute atomic E-state index is 0. The van der Waals surface area contributed by atoms with E-state index in [9.17, 15) is 4.79 Å². The molecule has 0 saturated carbocycles. The molecule has 1 atom stereocenters. The first-order valence-corrected chi connectivity index (χ1v) is 10.6. The molecule has 0 bridgehead atoms. The number of likely N-dealkylation sites (N-methyl/N-ethyl adjacent to an activating group) is 1. The van der Waals surface area contributed by atoms with Gasteiger partial charge in [-0.3, -0.25) is 9.69 Å². The molecule has 1 amide bonds. The largest absolute Gasteiger partial charge is 0.379 e. The SMILES string of the molecule is CC(C)C(CNC(=NCC(=O)N(C)C)NCCc1ccccc1)N1CCOCC1.I. The number of nitrogens with one attached hydrogen (secondary N) is 2. The van der Waals surface area contributed by atoms with Crippen LogP contribution in [0.2, 0.25) is 0 Å². The number of carbonyl (C=O) groups excluding carboxylic acids is 1. The zero-order valence-corrected chi connectivity index (χ0v) is 21.1. The summed E-state index contributed by atoms with van der Waals surface area (Å²) in [6.07, 6.45) is 0.903. The highest BCUT2D eigenvalue weighted by Crippen LogP contribution is 2.12. The number of hydrogen-bond acceptors (Lipinski definition) is 4. The summed E-state index contributed by atoms with van der Waals surface area (Å²) in [4.78, 5) is 20.5. The smallest absolute Gasteiger partial charge is 0.243 e. The van der Waals surface area contributed by atoms with Crippen LogP contribution in [0.4, 0.5) is 0 Å². The summed E-state index contributed by atoms with van der Waals surface area (Å²) in [5.41, 5.74) is 1.28. The summed E-state index contributed by atoms with van der Waals surface area (Å²) < 4.78 is 5.50. The number of morpholine rings is 1. The van der Waals surface area contributed by atoms with Crippen molar-refractivity contribution < 1.29 is 9.53 Å². The molecule has 0 aromatic heterocycles. The molecule has 170 valence electrons. The predicted octanol–water partition coefficient (Wildman–Crippen LogP) is 1.83. The third-order valence-electron chi connectivity index (χ3n) is 5.18. The van der Waals surface area contributed by atoms with E-state index in [-0.39, 0.29) is 36.4 Å². The lowest BCUT2D eigenvalue weighted by atomic mass is 10.0. The highest BCUT2D eigenvalue weighted by Gasteiger charge is 2.24. The highest BCUT2D eigenvalue weighted by atomic mass is 127. The van der Waals surface area contributed by atoms with Crippen molar-refractivity contribution in [3.63, 3.8) is 0 Å². The van der Waals surface area contributed by atoms with Crippen molar-refractivity contribution >= 4 is 35.8 Å². The Hall–Kier alpha value is -1.39. The molecule has 1 aliphatic heterocycles. The molecule has 0 radical (unpaired) electrons. The lowest BCUT2D eigenvalue weighted by Crippen LogP contribution is -2.52. The number of rotatable bonds is 9. The summed E-state index contributed by atoms with van der Waals surface area (Å²) in [5.74, 6) is 1.19. The number of hydrogen-bond donors (Lipinski definition) is 2. The van der Waals surface area contributed by atoms with Crippen LogP contribution in [0, 0.1) is 5.92 Å². The zero-order chi connectivity index (χ0) is 21.1. The number of carbonyl (C=O) groups is 1. The first-order valence-electron chi connectivity index (χ1n) is 10.6. The first-order chi connectivity index (χ1) is 14.0. The number of guanidine groups is 1. The van der Waals surface area contributed by atoms with Crippen molar-refractivity contribution in [1.29, 1.82) is 0 Å². The fourth-order valence-corrected chi connectivity index (χ4v) is 3.33. The topological polar surface area (TPSA) is 69.2 Å². The zero-order valence-electron chi connectivity index (χ0n) is 18.8. The highest BCUT2D eigenvalue weighted by molar-refractivity contribution is 14.0. The molecule has 30 heavy (non-hydrogen) atoms. The summed E-state index contributed by atoms with van der Waals surface area (Å²) in [6, 6.07) is 10.8. The Morgan fingerprint density at radius 2 is 1.83 bits per heavy atom. The standard InChI is InChI=1S/C22H37N5O2.HI/c1-18(2)20(27-12-14-29-15-13-27)16-24-22(25-17-21(28)26(3)4)23-11-10-19-8-6-5-7-9-19;/h5-9,18,20H,10-17H2,1-4H3,(H2,23,24,25);1H. The molecule has 0 aliphatic carbocycles. The molecular weight excluding hydrogens is 493 g/mol. The molecular formula is C22H38IN5O2. The number of amides is 1. The minimum atomic E-state index is -0.0113. The van der Waals surface area contributed by atoms with E-state index in [1.165, 1.54) is 5.56 Å². The van der Waals surface area contributed by atoms with Crippen molar-refractivity contribution in [1.82, 2.24) is 20.4 Å².